The average molecular weight is 252 g/mol. The van der Waals surface area contributed by atoms with Crippen LogP contribution < -0.4 is 0 Å². The number of hydrogen-bond donors (Lipinski definition) is 0. The molecule has 0 spiro atoms. The lowest BCUT2D eigenvalue weighted by molar-refractivity contribution is -0.0402. The van der Waals surface area contributed by atoms with Gasteiger partial charge in [-0.25, -0.2) is 0 Å². The highest BCUT2D eigenvalue weighted by Crippen LogP contribution is 2.30. The third-order valence-electron chi connectivity index (χ3n) is 4.60. The minimum Gasteiger partial charge on any atom is -0.372 e. The molecule has 3 nitrogen and oxygen atoms in total. The van der Waals surface area contributed by atoms with Gasteiger partial charge >= 0.3 is 0 Å². The highest BCUT2D eigenvalue weighted by molar-refractivity contribution is 4.85. The molecular weight excluding hydrogens is 224 g/mol. The number of nitrogens with zero attached hydrogens (tertiary/aromatic N) is 2. The van der Waals surface area contributed by atoms with E-state index in [9.17, 15) is 0 Å². The van der Waals surface area contributed by atoms with Crippen LogP contribution in [0.15, 0.2) is 0 Å². The van der Waals surface area contributed by atoms with Gasteiger partial charge in [-0.05, 0) is 44.6 Å². The molecule has 3 aliphatic rings. The second-order valence-corrected chi connectivity index (χ2v) is 6.46. The van der Waals surface area contributed by atoms with Gasteiger partial charge in [0.05, 0.1) is 12.2 Å². The van der Waals surface area contributed by atoms with Gasteiger partial charge in [0.25, 0.3) is 0 Å². The lowest BCUT2D eigenvalue weighted by Crippen LogP contribution is -2.46. The van der Waals surface area contributed by atoms with E-state index in [1.807, 2.05) is 0 Å². The Kier molecular flexibility index (Phi) is 4.22. The van der Waals surface area contributed by atoms with Gasteiger partial charge < -0.3 is 9.64 Å². The SMILES string of the molecule is CCCN(CCN1CC2CCC(C1)O2)CC1CC1. The quantitative estimate of drug-likeness (QED) is 0.689. The Labute approximate surface area is 111 Å². The summed E-state index contributed by atoms with van der Waals surface area (Å²) < 4.78 is 5.90. The molecule has 0 N–H and O–H groups in total. The first kappa shape index (κ1) is 12.9. The minimum absolute atomic E-state index is 0.548. The molecule has 3 heteroatoms. The van der Waals surface area contributed by atoms with Crippen LogP contribution in [0, 0.1) is 5.92 Å². The molecule has 0 amide bonds. The van der Waals surface area contributed by atoms with Crippen molar-refractivity contribution in [1.29, 1.82) is 0 Å². The molecule has 2 saturated heterocycles. The van der Waals surface area contributed by atoms with Gasteiger partial charge in [0.1, 0.15) is 0 Å². The largest absolute Gasteiger partial charge is 0.372 e. The van der Waals surface area contributed by atoms with Crippen LogP contribution in [0.5, 0.6) is 0 Å². The smallest absolute Gasteiger partial charge is 0.0707 e. The molecule has 2 unspecified atom stereocenters. The molecule has 0 aromatic carbocycles. The average Bonchev–Trinajstić information content (AvgIpc) is 3.12. The van der Waals surface area contributed by atoms with Crippen LogP contribution in [-0.4, -0.2) is 61.3 Å². The standard InChI is InChI=1S/C15H28N2O/c1-2-7-16(10-13-3-4-13)8-9-17-11-14-5-6-15(12-17)18-14/h13-15H,2-12H2,1H3. The first-order valence-electron chi connectivity index (χ1n) is 7.93. The molecule has 3 rings (SSSR count). The van der Waals surface area contributed by atoms with Gasteiger partial charge in [-0.15, -0.1) is 0 Å². The maximum absolute atomic E-state index is 5.90. The molecule has 0 radical (unpaired) electrons. The summed E-state index contributed by atoms with van der Waals surface area (Å²) >= 11 is 0. The highest BCUT2D eigenvalue weighted by Gasteiger charge is 2.33. The van der Waals surface area contributed by atoms with Gasteiger partial charge in [-0.2, -0.15) is 0 Å². The van der Waals surface area contributed by atoms with E-state index in [4.69, 9.17) is 4.74 Å². The Morgan fingerprint density at radius 3 is 2.39 bits per heavy atom. The molecule has 2 heterocycles. The van der Waals surface area contributed by atoms with E-state index in [1.165, 1.54) is 71.4 Å². The molecule has 0 aromatic rings. The predicted molar refractivity (Wildman–Crippen MR) is 73.8 cm³/mol. The van der Waals surface area contributed by atoms with Gasteiger partial charge in [0.15, 0.2) is 0 Å². The van der Waals surface area contributed by atoms with E-state index in [0.717, 1.165) is 5.92 Å². The van der Waals surface area contributed by atoms with Gasteiger partial charge in [-0.1, -0.05) is 6.92 Å². The van der Waals surface area contributed by atoms with E-state index in [0.29, 0.717) is 12.2 Å². The summed E-state index contributed by atoms with van der Waals surface area (Å²) in [6.07, 6.45) is 7.92. The Balaban J connectivity index is 1.41. The zero-order chi connectivity index (χ0) is 12.4. The van der Waals surface area contributed by atoms with Crippen LogP contribution in [0.1, 0.15) is 39.0 Å². The van der Waals surface area contributed by atoms with E-state index < -0.39 is 0 Å². The second kappa shape index (κ2) is 5.89. The van der Waals surface area contributed by atoms with E-state index in [1.54, 1.807) is 0 Å². The van der Waals surface area contributed by atoms with Crippen molar-refractivity contribution in [3.05, 3.63) is 0 Å². The van der Waals surface area contributed by atoms with Crippen molar-refractivity contribution in [2.75, 3.05) is 39.3 Å². The summed E-state index contributed by atoms with van der Waals surface area (Å²) in [5.74, 6) is 1.03. The maximum atomic E-state index is 5.90. The number of rotatable bonds is 7. The van der Waals surface area contributed by atoms with Crippen molar-refractivity contribution < 1.29 is 4.74 Å². The fourth-order valence-electron chi connectivity index (χ4n) is 3.44. The zero-order valence-electron chi connectivity index (χ0n) is 11.8. The van der Waals surface area contributed by atoms with Crippen molar-refractivity contribution in [1.82, 2.24) is 9.80 Å². The molecule has 18 heavy (non-hydrogen) atoms. The van der Waals surface area contributed by atoms with E-state index in [-0.39, 0.29) is 0 Å². The summed E-state index contributed by atoms with van der Waals surface area (Å²) in [5.41, 5.74) is 0. The normalized spacial score (nSPS) is 32.3. The number of ether oxygens (including phenoxy) is 1. The fraction of sp³-hybridized carbons (Fsp3) is 1.00. The van der Waals surface area contributed by atoms with Crippen LogP contribution in [0.3, 0.4) is 0 Å². The molecule has 1 aliphatic carbocycles. The number of fused-ring (bicyclic) bond motifs is 2. The summed E-state index contributed by atoms with van der Waals surface area (Å²) in [6, 6.07) is 0. The monoisotopic (exact) mass is 252 g/mol. The summed E-state index contributed by atoms with van der Waals surface area (Å²) in [6.45, 7) is 9.82. The minimum atomic E-state index is 0.548. The molecule has 2 aliphatic heterocycles. The molecule has 0 aromatic heterocycles. The fourth-order valence-corrected chi connectivity index (χ4v) is 3.44. The number of likely N-dealkylation sites (tertiary alicyclic amines) is 1. The molecule has 2 bridgehead atoms. The van der Waals surface area contributed by atoms with Crippen molar-refractivity contribution in [2.24, 2.45) is 5.92 Å². The lowest BCUT2D eigenvalue weighted by atomic mass is 10.2. The van der Waals surface area contributed by atoms with Crippen molar-refractivity contribution in [2.45, 2.75) is 51.2 Å². The third-order valence-corrected chi connectivity index (χ3v) is 4.60. The summed E-state index contributed by atoms with van der Waals surface area (Å²) in [5, 5.41) is 0. The summed E-state index contributed by atoms with van der Waals surface area (Å²) in [4.78, 5) is 5.33. The first-order chi connectivity index (χ1) is 8.83. The Morgan fingerprint density at radius 2 is 1.78 bits per heavy atom. The third kappa shape index (κ3) is 3.46. The molecular formula is C15H28N2O. The van der Waals surface area contributed by atoms with Crippen LogP contribution >= 0.6 is 0 Å². The Morgan fingerprint density at radius 1 is 1.06 bits per heavy atom. The molecule has 2 atom stereocenters. The highest BCUT2D eigenvalue weighted by atomic mass is 16.5. The van der Waals surface area contributed by atoms with Crippen molar-refractivity contribution >= 4 is 0 Å². The lowest BCUT2D eigenvalue weighted by Gasteiger charge is -2.33. The molecule has 3 fully saturated rings. The second-order valence-electron chi connectivity index (χ2n) is 6.46. The van der Waals surface area contributed by atoms with Crippen LogP contribution in [0.25, 0.3) is 0 Å². The number of morpholine rings is 1. The van der Waals surface area contributed by atoms with Crippen LogP contribution in [0.2, 0.25) is 0 Å². The van der Waals surface area contributed by atoms with Gasteiger partial charge in [-0.3, -0.25) is 4.90 Å². The predicted octanol–water partition coefficient (Wildman–Crippen LogP) is 1.97. The summed E-state index contributed by atoms with van der Waals surface area (Å²) in [7, 11) is 0. The van der Waals surface area contributed by atoms with Crippen LogP contribution in [0.4, 0.5) is 0 Å². The zero-order valence-corrected chi connectivity index (χ0v) is 11.8. The van der Waals surface area contributed by atoms with Crippen LogP contribution in [-0.2, 0) is 4.74 Å². The topological polar surface area (TPSA) is 15.7 Å². The Bertz CT molecular complexity index is 253. The van der Waals surface area contributed by atoms with Crippen molar-refractivity contribution in [3.8, 4) is 0 Å². The molecule has 1 saturated carbocycles. The van der Waals surface area contributed by atoms with Gasteiger partial charge in [0, 0.05) is 32.7 Å². The first-order valence-corrected chi connectivity index (χ1v) is 7.93. The van der Waals surface area contributed by atoms with Crippen molar-refractivity contribution in [3.63, 3.8) is 0 Å². The Hall–Kier alpha value is -0.120. The number of hydrogen-bond acceptors (Lipinski definition) is 3. The molecule has 104 valence electrons. The van der Waals surface area contributed by atoms with E-state index >= 15 is 0 Å². The van der Waals surface area contributed by atoms with Gasteiger partial charge in [0.2, 0.25) is 0 Å². The maximum Gasteiger partial charge on any atom is 0.0707 e. The van der Waals surface area contributed by atoms with E-state index in [2.05, 4.69) is 16.7 Å².